The lowest BCUT2D eigenvalue weighted by Gasteiger charge is -2.15. The molecule has 1 aromatic rings. The van der Waals surface area contributed by atoms with Gasteiger partial charge < -0.3 is 4.74 Å². The predicted octanol–water partition coefficient (Wildman–Crippen LogP) is 0.950. The molecule has 1 unspecified atom stereocenters. The largest absolute Gasteiger partial charge is 0.411 e. The summed E-state index contributed by atoms with van der Waals surface area (Å²) >= 11 is 0. The quantitative estimate of drug-likeness (QED) is 0.447. The first kappa shape index (κ1) is 13.8. The van der Waals surface area contributed by atoms with Gasteiger partial charge in [-0.1, -0.05) is 0 Å². The van der Waals surface area contributed by atoms with Crippen LogP contribution in [0, 0.1) is 0 Å². The van der Waals surface area contributed by atoms with E-state index in [4.69, 9.17) is 5.84 Å². The smallest absolute Gasteiger partial charge is 0.372 e. The van der Waals surface area contributed by atoms with Crippen LogP contribution in [0.1, 0.15) is 18.0 Å². The van der Waals surface area contributed by atoms with E-state index in [9.17, 15) is 13.2 Å². The molecule has 5 nitrogen and oxygen atoms in total. The van der Waals surface area contributed by atoms with E-state index in [0.29, 0.717) is 12.0 Å². The van der Waals surface area contributed by atoms with Gasteiger partial charge in [0.15, 0.2) is 0 Å². The molecule has 0 amide bonds. The molecule has 0 aliphatic heterocycles. The number of hydrogen-bond donors (Lipinski definition) is 2. The van der Waals surface area contributed by atoms with E-state index in [1.807, 2.05) is 0 Å². The van der Waals surface area contributed by atoms with Crippen LogP contribution in [0.15, 0.2) is 18.7 Å². The first-order chi connectivity index (χ1) is 8.03. The summed E-state index contributed by atoms with van der Waals surface area (Å²) in [5.41, 5.74) is 3.17. The number of nitrogens with two attached hydrogens (primary N) is 1. The number of aromatic nitrogens is 2. The second-order valence-electron chi connectivity index (χ2n) is 3.35. The number of hydrogen-bond acceptors (Lipinski definition) is 5. The summed E-state index contributed by atoms with van der Waals surface area (Å²) in [6.45, 7) is -1.31. The van der Waals surface area contributed by atoms with Gasteiger partial charge >= 0.3 is 6.18 Å². The summed E-state index contributed by atoms with van der Waals surface area (Å²) in [6, 6.07) is -0.329. The highest BCUT2D eigenvalue weighted by atomic mass is 19.4. The SMILES string of the molecule is NNC(CCOCC(F)(F)F)c1cncnc1. The zero-order valence-corrected chi connectivity index (χ0v) is 8.94. The first-order valence-corrected chi connectivity index (χ1v) is 4.88. The molecule has 0 saturated carbocycles. The van der Waals surface area contributed by atoms with Gasteiger partial charge in [0, 0.05) is 24.6 Å². The van der Waals surface area contributed by atoms with Crippen LogP contribution in [0.25, 0.3) is 0 Å². The Labute approximate surface area is 96.2 Å². The van der Waals surface area contributed by atoms with Crippen LogP contribution in [0.2, 0.25) is 0 Å². The Morgan fingerprint density at radius 2 is 2.00 bits per heavy atom. The van der Waals surface area contributed by atoms with Crippen LogP contribution in [-0.4, -0.2) is 29.4 Å². The lowest BCUT2D eigenvalue weighted by atomic mass is 10.1. The number of hydrazine groups is 1. The van der Waals surface area contributed by atoms with Crippen molar-refractivity contribution in [2.75, 3.05) is 13.2 Å². The van der Waals surface area contributed by atoms with Gasteiger partial charge in [-0.2, -0.15) is 13.2 Å². The number of ether oxygens (including phenoxy) is 1. The molecule has 1 atom stereocenters. The second-order valence-corrected chi connectivity index (χ2v) is 3.35. The van der Waals surface area contributed by atoms with E-state index >= 15 is 0 Å². The minimum atomic E-state index is -4.30. The van der Waals surface area contributed by atoms with Gasteiger partial charge in [-0.15, -0.1) is 0 Å². The fourth-order valence-corrected chi connectivity index (χ4v) is 1.23. The van der Waals surface area contributed by atoms with Crippen LogP contribution in [-0.2, 0) is 4.74 Å². The van der Waals surface area contributed by atoms with Crippen LogP contribution in [0.5, 0.6) is 0 Å². The molecular formula is C9H13F3N4O. The fraction of sp³-hybridized carbons (Fsp3) is 0.556. The number of halogens is 3. The van der Waals surface area contributed by atoms with Crippen molar-refractivity contribution in [2.24, 2.45) is 5.84 Å². The van der Waals surface area contributed by atoms with Gasteiger partial charge in [-0.3, -0.25) is 11.3 Å². The van der Waals surface area contributed by atoms with Crippen molar-refractivity contribution >= 4 is 0 Å². The molecule has 0 aliphatic carbocycles. The number of nitrogens with zero attached hydrogens (tertiary/aromatic N) is 2. The molecule has 0 radical (unpaired) electrons. The Morgan fingerprint density at radius 1 is 1.35 bits per heavy atom. The molecule has 0 aromatic carbocycles. The molecule has 0 spiro atoms. The van der Waals surface area contributed by atoms with E-state index in [0.717, 1.165) is 0 Å². The normalized spacial score (nSPS) is 13.6. The molecular weight excluding hydrogens is 237 g/mol. The number of alkyl halides is 3. The summed E-state index contributed by atoms with van der Waals surface area (Å²) in [5.74, 6) is 5.29. The maximum Gasteiger partial charge on any atom is 0.411 e. The summed E-state index contributed by atoms with van der Waals surface area (Å²) in [5, 5.41) is 0. The third kappa shape index (κ3) is 5.57. The van der Waals surface area contributed by atoms with E-state index in [2.05, 4.69) is 20.1 Å². The lowest BCUT2D eigenvalue weighted by Crippen LogP contribution is -2.29. The third-order valence-corrected chi connectivity index (χ3v) is 2.00. The predicted molar refractivity (Wildman–Crippen MR) is 53.6 cm³/mol. The van der Waals surface area contributed by atoms with Crippen LogP contribution in [0.4, 0.5) is 13.2 Å². The highest BCUT2D eigenvalue weighted by Crippen LogP contribution is 2.17. The zero-order valence-electron chi connectivity index (χ0n) is 8.94. The van der Waals surface area contributed by atoms with E-state index in [1.165, 1.54) is 6.33 Å². The molecule has 3 N–H and O–H groups in total. The minimum absolute atomic E-state index is 0.0523. The zero-order chi connectivity index (χ0) is 12.7. The monoisotopic (exact) mass is 250 g/mol. The van der Waals surface area contributed by atoms with Crippen molar-refractivity contribution in [3.05, 3.63) is 24.3 Å². The Balaban J connectivity index is 2.34. The van der Waals surface area contributed by atoms with E-state index in [1.54, 1.807) is 12.4 Å². The highest BCUT2D eigenvalue weighted by Gasteiger charge is 2.27. The van der Waals surface area contributed by atoms with Crippen molar-refractivity contribution in [1.29, 1.82) is 0 Å². The topological polar surface area (TPSA) is 73.1 Å². The summed E-state index contributed by atoms with van der Waals surface area (Å²) in [4.78, 5) is 7.59. The first-order valence-electron chi connectivity index (χ1n) is 4.88. The number of rotatable bonds is 6. The maximum atomic E-state index is 11.8. The van der Waals surface area contributed by atoms with Crippen molar-refractivity contribution in [3.8, 4) is 0 Å². The van der Waals surface area contributed by atoms with Crippen molar-refractivity contribution in [3.63, 3.8) is 0 Å². The molecule has 1 aromatic heterocycles. The Hall–Kier alpha value is -1.25. The van der Waals surface area contributed by atoms with Gasteiger partial charge in [0.1, 0.15) is 12.9 Å². The summed E-state index contributed by atoms with van der Waals surface area (Å²) < 4.78 is 39.9. The summed E-state index contributed by atoms with van der Waals surface area (Å²) in [6.07, 6.45) is 0.446. The van der Waals surface area contributed by atoms with Gasteiger partial charge in [0.2, 0.25) is 0 Å². The maximum absolute atomic E-state index is 11.8. The van der Waals surface area contributed by atoms with Gasteiger partial charge in [0.05, 0.1) is 6.04 Å². The third-order valence-electron chi connectivity index (χ3n) is 2.00. The molecule has 8 heteroatoms. The van der Waals surface area contributed by atoms with E-state index in [-0.39, 0.29) is 12.6 Å². The Bertz CT molecular complexity index is 320. The molecule has 0 bridgehead atoms. The minimum Gasteiger partial charge on any atom is -0.372 e. The molecule has 0 fully saturated rings. The van der Waals surface area contributed by atoms with Crippen molar-refractivity contribution in [2.45, 2.75) is 18.6 Å². The van der Waals surface area contributed by atoms with Gasteiger partial charge in [-0.25, -0.2) is 9.97 Å². The Kier molecular flexibility index (Phi) is 5.26. The lowest BCUT2D eigenvalue weighted by molar-refractivity contribution is -0.174. The van der Waals surface area contributed by atoms with Crippen LogP contribution < -0.4 is 11.3 Å². The average molecular weight is 250 g/mol. The standard InChI is InChI=1S/C9H13F3N4O/c10-9(11,12)5-17-2-1-8(16-13)7-3-14-6-15-4-7/h3-4,6,8,16H,1-2,5,13H2. The molecule has 0 saturated heterocycles. The molecule has 0 aliphatic rings. The summed E-state index contributed by atoms with van der Waals surface area (Å²) in [7, 11) is 0. The van der Waals surface area contributed by atoms with Gasteiger partial charge in [0.25, 0.3) is 0 Å². The highest BCUT2D eigenvalue weighted by molar-refractivity contribution is 5.08. The molecule has 1 rings (SSSR count). The van der Waals surface area contributed by atoms with E-state index < -0.39 is 12.8 Å². The second kappa shape index (κ2) is 6.48. The van der Waals surface area contributed by atoms with Crippen LogP contribution >= 0.6 is 0 Å². The van der Waals surface area contributed by atoms with Crippen molar-refractivity contribution in [1.82, 2.24) is 15.4 Å². The molecule has 1 heterocycles. The van der Waals surface area contributed by atoms with Crippen LogP contribution in [0.3, 0.4) is 0 Å². The van der Waals surface area contributed by atoms with Crippen molar-refractivity contribution < 1.29 is 17.9 Å². The molecule has 96 valence electrons. The fourth-order valence-electron chi connectivity index (χ4n) is 1.23. The average Bonchev–Trinajstić information content (AvgIpc) is 2.29. The number of nitrogens with one attached hydrogen (secondary N) is 1. The molecule has 17 heavy (non-hydrogen) atoms. The van der Waals surface area contributed by atoms with Gasteiger partial charge in [-0.05, 0) is 6.42 Å². The Morgan fingerprint density at radius 3 is 2.53 bits per heavy atom.